The van der Waals surface area contributed by atoms with Gasteiger partial charge in [0.05, 0.1) is 29.1 Å². The van der Waals surface area contributed by atoms with Gasteiger partial charge in [-0.3, -0.25) is 14.5 Å². The number of benzene rings is 1. The van der Waals surface area contributed by atoms with Crippen LogP contribution in [0.3, 0.4) is 0 Å². The summed E-state index contributed by atoms with van der Waals surface area (Å²) in [6, 6.07) is 12.9. The van der Waals surface area contributed by atoms with Gasteiger partial charge in [0.2, 0.25) is 5.91 Å². The van der Waals surface area contributed by atoms with Crippen LogP contribution < -0.4 is 9.64 Å². The van der Waals surface area contributed by atoms with E-state index in [0.29, 0.717) is 12.1 Å². The Morgan fingerprint density at radius 2 is 2.05 bits per heavy atom. The average molecular weight is 522 g/mol. The zero-order valence-corrected chi connectivity index (χ0v) is 22.1. The van der Waals surface area contributed by atoms with Gasteiger partial charge in [-0.2, -0.15) is 15.1 Å². The van der Waals surface area contributed by atoms with Crippen molar-refractivity contribution in [1.29, 1.82) is 0 Å². The highest BCUT2D eigenvalue weighted by Crippen LogP contribution is 2.43. The molecule has 9 heteroatoms. The van der Waals surface area contributed by atoms with E-state index in [-0.39, 0.29) is 17.9 Å². The second kappa shape index (κ2) is 9.18. The normalized spacial score (nSPS) is 18.0. The average Bonchev–Trinajstić information content (AvgIpc) is 3.53. The number of anilines is 1. The van der Waals surface area contributed by atoms with E-state index < -0.39 is 0 Å². The highest BCUT2D eigenvalue weighted by Gasteiger charge is 2.49. The molecule has 0 atom stereocenters. The first-order chi connectivity index (χ1) is 19.0. The van der Waals surface area contributed by atoms with Crippen LogP contribution in [0.2, 0.25) is 0 Å². The number of aryl methyl sites for hydroxylation is 1. The molecular formula is C30H31N7O2. The zero-order chi connectivity index (χ0) is 26.6. The molecule has 5 heterocycles. The van der Waals surface area contributed by atoms with Gasteiger partial charge in [0.25, 0.3) is 0 Å². The van der Waals surface area contributed by atoms with Gasteiger partial charge in [-0.25, -0.2) is 0 Å². The molecule has 0 N–H and O–H groups in total. The van der Waals surface area contributed by atoms with Gasteiger partial charge in [0.15, 0.2) is 0 Å². The minimum atomic E-state index is 0.00412. The van der Waals surface area contributed by atoms with Gasteiger partial charge in [-0.15, -0.1) is 0 Å². The first-order valence-corrected chi connectivity index (χ1v) is 13.6. The van der Waals surface area contributed by atoms with E-state index in [4.69, 9.17) is 19.8 Å². The van der Waals surface area contributed by atoms with E-state index in [2.05, 4.69) is 46.3 Å². The van der Waals surface area contributed by atoms with Gasteiger partial charge in [-0.1, -0.05) is 24.8 Å². The Labute approximate surface area is 227 Å². The van der Waals surface area contributed by atoms with Crippen molar-refractivity contribution in [2.45, 2.75) is 38.8 Å². The molecule has 198 valence electrons. The molecule has 2 aliphatic heterocycles. The summed E-state index contributed by atoms with van der Waals surface area (Å²) in [5, 5.41) is 5.84. The highest BCUT2D eigenvalue weighted by molar-refractivity contribution is 5.95. The molecule has 3 aliphatic rings. The standard InChI is InChI=1S/C30H31N7O2/c1-3-26(38)36-18-30(19-36)11-13-35(17-30)25-14-24(33-29(34-25)39-16-22-6-4-5-12-31-22)27-20(2)7-8-21-15-32-37(28(21)27)23-9-10-23/h3-8,12,14-15,23H,1,9-11,13,16-19H2,2H3. The third-order valence-electron chi connectivity index (χ3n) is 8.19. The van der Waals surface area contributed by atoms with Crippen molar-refractivity contribution in [2.24, 2.45) is 5.41 Å². The number of nitrogens with zero attached hydrogens (tertiary/aromatic N) is 7. The minimum Gasteiger partial charge on any atom is -0.457 e. The van der Waals surface area contributed by atoms with Crippen molar-refractivity contribution in [3.63, 3.8) is 0 Å². The maximum Gasteiger partial charge on any atom is 0.319 e. The lowest BCUT2D eigenvalue weighted by Crippen LogP contribution is -2.59. The second-order valence-electron chi connectivity index (χ2n) is 11.1. The molecule has 3 fully saturated rings. The second-order valence-corrected chi connectivity index (χ2v) is 11.1. The lowest BCUT2D eigenvalue weighted by atomic mass is 9.79. The van der Waals surface area contributed by atoms with E-state index in [9.17, 15) is 4.79 Å². The molecule has 2 saturated heterocycles. The maximum atomic E-state index is 12.1. The van der Waals surface area contributed by atoms with E-state index in [0.717, 1.165) is 84.7 Å². The molecule has 1 aliphatic carbocycles. The summed E-state index contributed by atoms with van der Waals surface area (Å²) in [6.45, 7) is 9.27. The number of fused-ring (bicyclic) bond motifs is 1. The van der Waals surface area contributed by atoms with E-state index >= 15 is 0 Å². The van der Waals surface area contributed by atoms with Crippen LogP contribution in [0.5, 0.6) is 6.01 Å². The summed E-state index contributed by atoms with van der Waals surface area (Å²) in [7, 11) is 0. The van der Waals surface area contributed by atoms with Crippen LogP contribution >= 0.6 is 0 Å². The Kier molecular flexibility index (Phi) is 5.61. The number of likely N-dealkylation sites (tertiary alicyclic amines) is 1. The summed E-state index contributed by atoms with van der Waals surface area (Å²) < 4.78 is 8.30. The minimum absolute atomic E-state index is 0.00412. The van der Waals surface area contributed by atoms with Crippen molar-refractivity contribution in [3.8, 4) is 17.3 Å². The number of ether oxygens (including phenoxy) is 1. The molecular weight excluding hydrogens is 490 g/mol. The number of hydrogen-bond acceptors (Lipinski definition) is 7. The number of carbonyl (C=O) groups is 1. The molecule has 3 aromatic heterocycles. The van der Waals surface area contributed by atoms with Gasteiger partial charge in [-0.05, 0) is 50.0 Å². The van der Waals surface area contributed by atoms with Gasteiger partial charge in [0, 0.05) is 54.8 Å². The Bertz CT molecular complexity index is 1570. The summed E-state index contributed by atoms with van der Waals surface area (Å²) in [6.07, 6.45) is 8.43. The maximum absolute atomic E-state index is 12.1. The summed E-state index contributed by atoms with van der Waals surface area (Å²) in [5.74, 6) is 0.847. The predicted molar refractivity (Wildman–Crippen MR) is 148 cm³/mol. The van der Waals surface area contributed by atoms with Crippen LogP contribution in [0.1, 0.15) is 36.6 Å². The third kappa shape index (κ3) is 4.31. The molecule has 7 rings (SSSR count). The fraction of sp³-hybridized carbons (Fsp3) is 0.367. The molecule has 1 amide bonds. The molecule has 1 saturated carbocycles. The number of pyridine rings is 1. The van der Waals surface area contributed by atoms with Crippen LogP contribution in [-0.4, -0.2) is 61.7 Å². The lowest BCUT2D eigenvalue weighted by molar-refractivity contribution is -0.136. The molecule has 4 aromatic rings. The SMILES string of the molecule is C=CC(=O)N1CC2(CCN(c3cc(-c4c(C)ccc5cnn(C6CC6)c45)nc(OCc4ccccn4)n3)C2)C1. The van der Waals surface area contributed by atoms with E-state index in [1.165, 1.54) is 6.08 Å². The van der Waals surface area contributed by atoms with Crippen LogP contribution in [0, 0.1) is 12.3 Å². The van der Waals surface area contributed by atoms with E-state index in [1.807, 2.05) is 29.3 Å². The van der Waals surface area contributed by atoms with Crippen LogP contribution in [-0.2, 0) is 11.4 Å². The smallest absolute Gasteiger partial charge is 0.319 e. The highest BCUT2D eigenvalue weighted by atomic mass is 16.5. The largest absolute Gasteiger partial charge is 0.457 e. The Hall–Kier alpha value is -4.27. The van der Waals surface area contributed by atoms with Crippen LogP contribution in [0.4, 0.5) is 5.82 Å². The summed E-state index contributed by atoms with van der Waals surface area (Å²) >= 11 is 0. The Balaban J connectivity index is 1.26. The third-order valence-corrected chi connectivity index (χ3v) is 8.19. The van der Waals surface area contributed by atoms with Crippen LogP contribution in [0.25, 0.3) is 22.2 Å². The van der Waals surface area contributed by atoms with Gasteiger partial charge >= 0.3 is 6.01 Å². The van der Waals surface area contributed by atoms with Crippen molar-refractivity contribution < 1.29 is 9.53 Å². The number of aromatic nitrogens is 5. The fourth-order valence-electron chi connectivity index (χ4n) is 5.99. The molecule has 9 nitrogen and oxygen atoms in total. The summed E-state index contributed by atoms with van der Waals surface area (Å²) in [4.78, 5) is 30.4. The Morgan fingerprint density at radius 3 is 2.82 bits per heavy atom. The number of carbonyl (C=O) groups excluding carboxylic acids is 1. The van der Waals surface area contributed by atoms with Gasteiger partial charge < -0.3 is 14.5 Å². The first-order valence-electron chi connectivity index (χ1n) is 13.6. The molecule has 39 heavy (non-hydrogen) atoms. The number of rotatable bonds is 7. The first kappa shape index (κ1) is 23.8. The predicted octanol–water partition coefficient (Wildman–Crippen LogP) is 4.34. The van der Waals surface area contributed by atoms with Crippen molar-refractivity contribution in [1.82, 2.24) is 29.6 Å². The fourth-order valence-corrected chi connectivity index (χ4v) is 5.99. The number of amides is 1. The van der Waals surface area contributed by atoms with Crippen molar-refractivity contribution in [3.05, 3.63) is 72.7 Å². The molecule has 0 unspecified atom stereocenters. The Morgan fingerprint density at radius 1 is 1.18 bits per heavy atom. The van der Waals surface area contributed by atoms with Crippen molar-refractivity contribution >= 4 is 22.6 Å². The molecule has 0 radical (unpaired) electrons. The monoisotopic (exact) mass is 521 g/mol. The topological polar surface area (TPSA) is 89.3 Å². The summed E-state index contributed by atoms with van der Waals surface area (Å²) in [5.41, 5.74) is 5.08. The molecule has 0 bridgehead atoms. The quantitative estimate of drug-likeness (QED) is 0.334. The van der Waals surface area contributed by atoms with Crippen LogP contribution in [0.15, 0.2) is 61.4 Å². The van der Waals surface area contributed by atoms with Gasteiger partial charge in [0.1, 0.15) is 12.4 Å². The molecule has 1 spiro atoms. The lowest BCUT2D eigenvalue weighted by Gasteiger charge is -2.47. The van der Waals surface area contributed by atoms with Crippen molar-refractivity contribution in [2.75, 3.05) is 31.1 Å². The zero-order valence-electron chi connectivity index (χ0n) is 22.1. The number of hydrogen-bond donors (Lipinski definition) is 0. The van der Waals surface area contributed by atoms with E-state index in [1.54, 1.807) is 6.20 Å². The molecule has 1 aromatic carbocycles.